The number of nitrogens with one attached hydrogen (secondary N) is 2. The number of piperazine rings is 1. The first kappa shape index (κ1) is 21.9. The fourth-order valence-electron chi connectivity index (χ4n) is 2.20. The molecule has 1 aromatic carbocycles. The number of carbonyl (C=O) groups excluding carboxylic acids is 1. The molecule has 23 heavy (non-hydrogen) atoms. The van der Waals surface area contributed by atoms with Gasteiger partial charge in [-0.15, -0.1) is 24.8 Å². The minimum Gasteiger partial charge on any atom is -0.323 e. The van der Waals surface area contributed by atoms with Crippen molar-refractivity contribution in [2.75, 3.05) is 31.5 Å². The van der Waals surface area contributed by atoms with Gasteiger partial charge in [-0.05, 0) is 13.0 Å². The quantitative estimate of drug-likeness (QED) is 0.613. The molecular weight excluding hydrogens is 367 g/mol. The number of nitro benzene ring substituents is 1. The lowest BCUT2D eigenvalue weighted by atomic mass is 10.2. The van der Waals surface area contributed by atoms with Gasteiger partial charge in [0.05, 0.1) is 21.7 Å². The normalized spacial score (nSPS) is 15.7. The van der Waals surface area contributed by atoms with Crippen LogP contribution >= 0.6 is 36.4 Å². The maximum Gasteiger partial charge on any atom is 0.271 e. The summed E-state index contributed by atoms with van der Waals surface area (Å²) >= 11 is 5.97. The van der Waals surface area contributed by atoms with Gasteiger partial charge in [0.25, 0.3) is 5.69 Å². The van der Waals surface area contributed by atoms with Crippen LogP contribution in [-0.2, 0) is 4.79 Å². The van der Waals surface area contributed by atoms with Crippen LogP contribution in [0.25, 0.3) is 0 Å². The molecule has 1 heterocycles. The summed E-state index contributed by atoms with van der Waals surface area (Å²) in [6.07, 6.45) is 0. The van der Waals surface area contributed by atoms with Crippen molar-refractivity contribution in [2.45, 2.75) is 13.0 Å². The van der Waals surface area contributed by atoms with Gasteiger partial charge in [0, 0.05) is 38.3 Å². The molecule has 1 aliphatic heterocycles. The zero-order valence-electron chi connectivity index (χ0n) is 12.5. The summed E-state index contributed by atoms with van der Waals surface area (Å²) in [5.74, 6) is -0.223. The molecule has 0 radical (unpaired) electrons. The summed E-state index contributed by atoms with van der Waals surface area (Å²) in [7, 11) is 0. The fourth-order valence-corrected chi connectivity index (χ4v) is 2.36. The van der Waals surface area contributed by atoms with Crippen LogP contribution in [0, 0.1) is 10.1 Å². The number of halogens is 3. The first-order valence-corrected chi connectivity index (χ1v) is 7.06. The minimum atomic E-state index is -0.522. The molecule has 0 saturated carbocycles. The highest BCUT2D eigenvalue weighted by atomic mass is 35.5. The first-order chi connectivity index (χ1) is 9.99. The molecule has 2 rings (SSSR count). The van der Waals surface area contributed by atoms with E-state index in [1.54, 1.807) is 0 Å². The molecule has 0 aromatic heterocycles. The molecule has 1 fully saturated rings. The number of non-ortho nitro benzene ring substituents is 1. The van der Waals surface area contributed by atoms with Crippen molar-refractivity contribution in [3.8, 4) is 0 Å². The number of amides is 1. The van der Waals surface area contributed by atoms with Crippen LogP contribution < -0.4 is 10.6 Å². The number of carbonyl (C=O) groups is 1. The molecule has 1 aromatic rings. The van der Waals surface area contributed by atoms with Crippen LogP contribution in [0.1, 0.15) is 6.92 Å². The third-order valence-electron chi connectivity index (χ3n) is 3.50. The smallest absolute Gasteiger partial charge is 0.271 e. The highest BCUT2D eigenvalue weighted by molar-refractivity contribution is 6.33. The average Bonchev–Trinajstić information content (AvgIpc) is 2.49. The van der Waals surface area contributed by atoms with Gasteiger partial charge in [0.2, 0.25) is 5.91 Å². The van der Waals surface area contributed by atoms with Gasteiger partial charge in [-0.3, -0.25) is 19.8 Å². The van der Waals surface area contributed by atoms with Crippen LogP contribution in [0.5, 0.6) is 0 Å². The Labute approximate surface area is 151 Å². The van der Waals surface area contributed by atoms with Gasteiger partial charge < -0.3 is 10.6 Å². The largest absolute Gasteiger partial charge is 0.323 e. The van der Waals surface area contributed by atoms with Crippen molar-refractivity contribution < 1.29 is 9.72 Å². The predicted molar refractivity (Wildman–Crippen MR) is 95.1 cm³/mol. The average molecular weight is 386 g/mol. The molecule has 1 saturated heterocycles. The van der Waals surface area contributed by atoms with Gasteiger partial charge >= 0.3 is 0 Å². The highest BCUT2D eigenvalue weighted by Gasteiger charge is 2.23. The SMILES string of the molecule is CC(C(=O)Nc1cc([N+](=O)[O-])ccc1Cl)N1CCNCC1.Cl.Cl. The Bertz CT molecular complexity index is 553. The molecule has 0 bridgehead atoms. The molecule has 10 heteroatoms. The second-order valence-corrected chi connectivity index (χ2v) is 5.28. The van der Waals surface area contributed by atoms with Crippen molar-refractivity contribution in [3.05, 3.63) is 33.3 Å². The zero-order valence-corrected chi connectivity index (χ0v) is 14.8. The molecule has 0 aliphatic carbocycles. The molecule has 1 atom stereocenters. The van der Waals surface area contributed by atoms with Gasteiger partial charge in [0.15, 0.2) is 0 Å². The van der Waals surface area contributed by atoms with E-state index in [0.29, 0.717) is 0 Å². The second kappa shape index (κ2) is 9.89. The Hall–Kier alpha value is -1.12. The number of benzene rings is 1. The minimum absolute atomic E-state index is 0. The Balaban J connectivity index is 0.00000242. The van der Waals surface area contributed by atoms with Crippen LogP contribution in [0.2, 0.25) is 5.02 Å². The number of nitro groups is 1. The Kier molecular flexibility index (Phi) is 9.41. The predicted octanol–water partition coefficient (Wildman–Crippen LogP) is 2.32. The highest BCUT2D eigenvalue weighted by Crippen LogP contribution is 2.27. The number of hydrogen-bond donors (Lipinski definition) is 2. The van der Waals surface area contributed by atoms with Crippen molar-refractivity contribution in [3.63, 3.8) is 0 Å². The summed E-state index contributed by atoms with van der Waals surface area (Å²) in [6, 6.07) is 3.66. The number of rotatable bonds is 4. The molecular formula is C13H19Cl3N4O3. The van der Waals surface area contributed by atoms with E-state index in [-0.39, 0.29) is 53.2 Å². The van der Waals surface area contributed by atoms with Crippen molar-refractivity contribution >= 4 is 53.7 Å². The lowest BCUT2D eigenvalue weighted by Gasteiger charge is -2.31. The third-order valence-corrected chi connectivity index (χ3v) is 3.83. The van der Waals surface area contributed by atoms with Gasteiger partial charge in [-0.25, -0.2) is 0 Å². The molecule has 1 amide bonds. The zero-order chi connectivity index (χ0) is 15.4. The number of anilines is 1. The van der Waals surface area contributed by atoms with Gasteiger partial charge in [-0.1, -0.05) is 11.6 Å². The lowest BCUT2D eigenvalue weighted by Crippen LogP contribution is -2.51. The molecule has 1 aliphatic rings. The molecule has 0 spiro atoms. The fraction of sp³-hybridized carbons (Fsp3) is 0.462. The van der Waals surface area contributed by atoms with E-state index >= 15 is 0 Å². The molecule has 2 N–H and O–H groups in total. The second-order valence-electron chi connectivity index (χ2n) is 4.87. The van der Waals surface area contributed by atoms with Crippen LogP contribution in [0.4, 0.5) is 11.4 Å². The van der Waals surface area contributed by atoms with Crippen LogP contribution in [-0.4, -0.2) is 48.0 Å². The molecule has 130 valence electrons. The van der Waals surface area contributed by atoms with E-state index in [1.807, 2.05) is 6.92 Å². The Morgan fingerprint density at radius 3 is 2.57 bits per heavy atom. The summed E-state index contributed by atoms with van der Waals surface area (Å²) in [5, 5.41) is 16.9. The Morgan fingerprint density at radius 2 is 2.00 bits per heavy atom. The summed E-state index contributed by atoms with van der Waals surface area (Å²) < 4.78 is 0. The number of hydrogen-bond acceptors (Lipinski definition) is 5. The van der Waals surface area contributed by atoms with E-state index in [0.717, 1.165) is 26.2 Å². The third kappa shape index (κ3) is 5.78. The van der Waals surface area contributed by atoms with Gasteiger partial charge in [0.1, 0.15) is 0 Å². The van der Waals surface area contributed by atoms with E-state index in [9.17, 15) is 14.9 Å². The van der Waals surface area contributed by atoms with E-state index in [2.05, 4.69) is 15.5 Å². The monoisotopic (exact) mass is 384 g/mol. The van der Waals surface area contributed by atoms with Crippen LogP contribution in [0.15, 0.2) is 18.2 Å². The topological polar surface area (TPSA) is 87.5 Å². The van der Waals surface area contributed by atoms with Gasteiger partial charge in [-0.2, -0.15) is 0 Å². The van der Waals surface area contributed by atoms with Crippen molar-refractivity contribution in [1.82, 2.24) is 10.2 Å². The summed E-state index contributed by atoms with van der Waals surface area (Å²) in [5.41, 5.74) is 0.155. The summed E-state index contributed by atoms with van der Waals surface area (Å²) in [6.45, 7) is 5.07. The van der Waals surface area contributed by atoms with E-state index < -0.39 is 4.92 Å². The standard InChI is InChI=1S/C13H17ClN4O3.2ClH/c1-9(17-6-4-15-5-7-17)13(19)16-12-8-10(18(20)21)2-3-11(12)14;;/h2-3,8-9,15H,4-7H2,1H3,(H,16,19);2*1H. The summed E-state index contributed by atoms with van der Waals surface area (Å²) in [4.78, 5) is 24.5. The van der Waals surface area contributed by atoms with Crippen molar-refractivity contribution in [2.24, 2.45) is 0 Å². The Morgan fingerprint density at radius 1 is 1.39 bits per heavy atom. The van der Waals surface area contributed by atoms with Crippen LogP contribution in [0.3, 0.4) is 0 Å². The lowest BCUT2D eigenvalue weighted by molar-refractivity contribution is -0.384. The molecule has 1 unspecified atom stereocenters. The maximum absolute atomic E-state index is 12.2. The number of nitrogens with zero attached hydrogens (tertiary/aromatic N) is 2. The first-order valence-electron chi connectivity index (χ1n) is 6.68. The van der Waals surface area contributed by atoms with E-state index in [1.165, 1.54) is 18.2 Å². The van der Waals surface area contributed by atoms with Crippen molar-refractivity contribution in [1.29, 1.82) is 0 Å². The molecule has 7 nitrogen and oxygen atoms in total. The van der Waals surface area contributed by atoms with E-state index in [4.69, 9.17) is 11.6 Å². The maximum atomic E-state index is 12.2.